The van der Waals surface area contributed by atoms with Gasteiger partial charge < -0.3 is 9.47 Å². The Morgan fingerprint density at radius 1 is 1.29 bits per heavy atom. The summed E-state index contributed by atoms with van der Waals surface area (Å²) in [5, 5.41) is 1.90. The minimum absolute atomic E-state index is 0.216. The molecule has 1 aliphatic rings. The molecule has 0 aliphatic carbocycles. The molecule has 1 aromatic carbocycles. The molecule has 176 valence electrons. The lowest BCUT2D eigenvalue weighted by Crippen LogP contribution is -2.39. The average molecular weight is 626 g/mol. The molecule has 2 aromatic heterocycles. The van der Waals surface area contributed by atoms with E-state index >= 15 is 0 Å². The molecule has 1 atom stereocenters. The summed E-state index contributed by atoms with van der Waals surface area (Å²) >= 11 is 9.51. The monoisotopic (exact) mass is 624 g/mol. The normalized spacial score (nSPS) is 15.7. The number of thiazole rings is 1. The molecule has 3 heterocycles. The highest BCUT2D eigenvalue weighted by Gasteiger charge is 2.33. The van der Waals surface area contributed by atoms with Gasteiger partial charge in [-0.1, -0.05) is 33.3 Å². The molecule has 0 radical (unpaired) electrons. The van der Waals surface area contributed by atoms with E-state index in [1.165, 1.54) is 34.2 Å². The summed E-state index contributed by atoms with van der Waals surface area (Å²) in [5.41, 5.74) is 1.08. The molecule has 3 aromatic rings. The van der Waals surface area contributed by atoms with Gasteiger partial charge in [-0.25, -0.2) is 9.79 Å². The average Bonchev–Trinajstić information content (AvgIpc) is 3.38. The van der Waals surface area contributed by atoms with E-state index in [-0.39, 0.29) is 12.2 Å². The van der Waals surface area contributed by atoms with Crippen molar-refractivity contribution in [1.82, 2.24) is 4.57 Å². The van der Waals surface area contributed by atoms with Crippen LogP contribution in [0.3, 0.4) is 0 Å². The molecule has 0 amide bonds. The van der Waals surface area contributed by atoms with Crippen molar-refractivity contribution in [2.45, 2.75) is 26.8 Å². The first-order chi connectivity index (χ1) is 16.2. The Bertz CT molecular complexity index is 1500. The maximum atomic E-state index is 13.6. The van der Waals surface area contributed by atoms with E-state index in [4.69, 9.17) is 9.47 Å². The predicted molar refractivity (Wildman–Crippen MR) is 138 cm³/mol. The van der Waals surface area contributed by atoms with Crippen LogP contribution in [0.15, 0.2) is 59.6 Å². The zero-order chi connectivity index (χ0) is 24.6. The second kappa shape index (κ2) is 10.1. The van der Waals surface area contributed by atoms with Crippen LogP contribution in [0, 0.1) is 0 Å². The summed E-state index contributed by atoms with van der Waals surface area (Å²) in [6.45, 7) is 5.01. The number of halogens is 2. The Morgan fingerprint density at radius 2 is 2.06 bits per heavy atom. The number of allylic oxidation sites excluding steroid dienone is 1. The number of carbonyl (C=O) groups is 2. The van der Waals surface area contributed by atoms with Crippen LogP contribution in [0.4, 0.5) is 0 Å². The molecule has 0 fully saturated rings. The molecular formula is C23H18Br2N2O5S2. The van der Waals surface area contributed by atoms with Crippen molar-refractivity contribution in [3.63, 3.8) is 0 Å². The van der Waals surface area contributed by atoms with Gasteiger partial charge in [0.1, 0.15) is 6.04 Å². The van der Waals surface area contributed by atoms with E-state index < -0.39 is 18.0 Å². The zero-order valence-electron chi connectivity index (χ0n) is 18.3. The van der Waals surface area contributed by atoms with Gasteiger partial charge in [0.05, 0.1) is 26.9 Å². The molecular weight excluding hydrogens is 608 g/mol. The highest BCUT2D eigenvalue weighted by Crippen LogP contribution is 2.35. The van der Waals surface area contributed by atoms with Crippen LogP contribution < -0.4 is 19.6 Å². The Kier molecular flexibility index (Phi) is 7.36. The molecule has 11 heteroatoms. The Balaban J connectivity index is 1.96. The van der Waals surface area contributed by atoms with Gasteiger partial charge in [-0.05, 0) is 59.4 Å². The topological polar surface area (TPSA) is 87.0 Å². The molecule has 4 rings (SSSR count). The van der Waals surface area contributed by atoms with E-state index in [9.17, 15) is 14.4 Å². The summed E-state index contributed by atoms with van der Waals surface area (Å²) in [7, 11) is 0. The van der Waals surface area contributed by atoms with E-state index in [2.05, 4.69) is 36.9 Å². The largest absolute Gasteiger partial charge is 0.463 e. The van der Waals surface area contributed by atoms with Gasteiger partial charge in [0.15, 0.2) is 10.6 Å². The molecule has 0 bridgehead atoms. The van der Waals surface area contributed by atoms with Crippen LogP contribution >= 0.6 is 54.5 Å². The minimum Gasteiger partial charge on any atom is -0.463 e. The summed E-state index contributed by atoms with van der Waals surface area (Å²) in [5.74, 6) is -0.671. The van der Waals surface area contributed by atoms with Gasteiger partial charge in [-0.2, -0.15) is 0 Å². The number of esters is 2. The standard InChI is InChI=1S/C23H18Br2N2O5S2/c1-4-31-22(30)18-11(2)26-23-27(19(18)16-6-5-7-33-16)21(29)17(34-23)9-13-8-14(24)10-15(25)20(13)32-12(3)28/h5-10,19H,4H2,1-3H3/b17-9-/t19-/m0/s1. The van der Waals surface area contributed by atoms with Gasteiger partial charge >= 0.3 is 11.9 Å². The molecule has 0 saturated carbocycles. The second-order valence-electron chi connectivity index (χ2n) is 7.22. The molecule has 0 unspecified atom stereocenters. The number of benzene rings is 1. The van der Waals surface area contributed by atoms with Crippen molar-refractivity contribution in [1.29, 1.82) is 0 Å². The maximum absolute atomic E-state index is 13.6. The molecule has 0 saturated heterocycles. The second-order valence-corrected chi connectivity index (χ2v) is 11.0. The van der Waals surface area contributed by atoms with Crippen molar-refractivity contribution < 1.29 is 19.1 Å². The van der Waals surface area contributed by atoms with Gasteiger partial charge in [-0.3, -0.25) is 14.2 Å². The molecule has 0 spiro atoms. The minimum atomic E-state index is -0.639. The van der Waals surface area contributed by atoms with Crippen LogP contribution in [0.5, 0.6) is 5.75 Å². The smallest absolute Gasteiger partial charge is 0.338 e. The number of aromatic nitrogens is 1. The molecule has 0 N–H and O–H groups in total. The van der Waals surface area contributed by atoms with Crippen molar-refractivity contribution in [2.24, 2.45) is 4.99 Å². The van der Waals surface area contributed by atoms with Crippen molar-refractivity contribution >= 4 is 72.5 Å². The number of hydrogen-bond donors (Lipinski definition) is 0. The fourth-order valence-electron chi connectivity index (χ4n) is 3.59. The highest BCUT2D eigenvalue weighted by atomic mass is 79.9. The Morgan fingerprint density at radius 3 is 2.71 bits per heavy atom. The maximum Gasteiger partial charge on any atom is 0.338 e. The molecule has 34 heavy (non-hydrogen) atoms. The SMILES string of the molecule is CCOC(=O)C1=C(C)N=c2s/c(=C\c3cc(Br)cc(Br)c3OC(C)=O)c(=O)n2[C@H]1c1cccs1. The number of nitrogens with zero attached hydrogens (tertiary/aromatic N) is 2. The summed E-state index contributed by atoms with van der Waals surface area (Å²) < 4.78 is 13.9. The molecule has 7 nitrogen and oxygen atoms in total. The lowest BCUT2D eigenvalue weighted by Gasteiger charge is -2.23. The fourth-order valence-corrected chi connectivity index (χ4v) is 6.79. The number of thiophene rings is 1. The quantitative estimate of drug-likeness (QED) is 0.312. The summed E-state index contributed by atoms with van der Waals surface area (Å²) in [6, 6.07) is 6.63. The van der Waals surface area contributed by atoms with Gasteiger partial charge in [0.25, 0.3) is 5.56 Å². The first-order valence-electron chi connectivity index (χ1n) is 10.1. The number of carbonyl (C=O) groups excluding carboxylic acids is 2. The van der Waals surface area contributed by atoms with E-state index in [1.807, 2.05) is 17.5 Å². The van der Waals surface area contributed by atoms with Gasteiger partial charge in [-0.15, -0.1) is 11.3 Å². The van der Waals surface area contributed by atoms with E-state index in [1.54, 1.807) is 32.1 Å². The van der Waals surface area contributed by atoms with Crippen LogP contribution in [0.25, 0.3) is 6.08 Å². The highest BCUT2D eigenvalue weighted by molar-refractivity contribution is 9.11. The molecule has 1 aliphatic heterocycles. The predicted octanol–water partition coefficient (Wildman–Crippen LogP) is 4.31. The van der Waals surface area contributed by atoms with Crippen LogP contribution in [-0.4, -0.2) is 23.1 Å². The third-order valence-electron chi connectivity index (χ3n) is 4.90. The summed E-state index contributed by atoms with van der Waals surface area (Å²) in [6.07, 6.45) is 1.66. The number of ether oxygens (including phenoxy) is 2. The van der Waals surface area contributed by atoms with E-state index in [0.29, 0.717) is 36.4 Å². The van der Waals surface area contributed by atoms with Gasteiger partial charge in [0.2, 0.25) is 0 Å². The van der Waals surface area contributed by atoms with Crippen molar-refractivity contribution in [3.8, 4) is 5.75 Å². The number of hydrogen-bond acceptors (Lipinski definition) is 8. The fraction of sp³-hybridized carbons (Fsp3) is 0.217. The third-order valence-corrected chi connectivity index (χ3v) is 7.85. The first kappa shape index (κ1) is 24.8. The van der Waals surface area contributed by atoms with Crippen LogP contribution in [-0.2, 0) is 14.3 Å². The number of fused-ring (bicyclic) bond motifs is 1. The lowest BCUT2D eigenvalue weighted by molar-refractivity contribution is -0.139. The number of rotatable bonds is 5. The van der Waals surface area contributed by atoms with Gasteiger partial charge in [0, 0.05) is 21.8 Å². The Hall–Kier alpha value is -2.34. The van der Waals surface area contributed by atoms with Crippen molar-refractivity contribution in [3.05, 3.63) is 80.0 Å². The van der Waals surface area contributed by atoms with Crippen LogP contribution in [0.2, 0.25) is 0 Å². The lowest BCUT2D eigenvalue weighted by atomic mass is 10.0. The van der Waals surface area contributed by atoms with Crippen molar-refractivity contribution in [2.75, 3.05) is 6.61 Å². The zero-order valence-corrected chi connectivity index (χ0v) is 23.1. The Labute approximate surface area is 219 Å². The summed E-state index contributed by atoms with van der Waals surface area (Å²) in [4.78, 5) is 44.0. The van der Waals surface area contributed by atoms with E-state index in [0.717, 1.165) is 9.35 Å². The van der Waals surface area contributed by atoms with Crippen LogP contribution in [0.1, 0.15) is 37.3 Å². The first-order valence-corrected chi connectivity index (χ1v) is 13.4. The third kappa shape index (κ3) is 4.74.